The van der Waals surface area contributed by atoms with Gasteiger partial charge in [-0.05, 0) is 29.8 Å². The average Bonchev–Trinajstić information content (AvgIpc) is 2.56. The highest BCUT2D eigenvalue weighted by molar-refractivity contribution is 7.99. The number of hydrogen-bond donors (Lipinski definition) is 2. The van der Waals surface area contributed by atoms with Gasteiger partial charge in [0.1, 0.15) is 0 Å². The summed E-state index contributed by atoms with van der Waals surface area (Å²) < 4.78 is 0. The SMILES string of the molecule is O=c1[nH]cc2c(c1-c1ccc(Cl)c(Cl)c1)Nc1ccccc1S2. The lowest BCUT2D eigenvalue weighted by Crippen LogP contribution is -2.14. The van der Waals surface area contributed by atoms with Crippen LogP contribution in [0, 0.1) is 0 Å². The van der Waals surface area contributed by atoms with E-state index < -0.39 is 0 Å². The van der Waals surface area contributed by atoms with Crippen molar-refractivity contribution in [3.63, 3.8) is 0 Å². The smallest absolute Gasteiger partial charge is 0.258 e. The number of aromatic amines is 1. The van der Waals surface area contributed by atoms with E-state index in [2.05, 4.69) is 10.3 Å². The molecule has 2 aromatic carbocycles. The quantitative estimate of drug-likeness (QED) is 0.467. The van der Waals surface area contributed by atoms with Gasteiger partial charge in [-0.1, -0.05) is 53.2 Å². The van der Waals surface area contributed by atoms with Crippen LogP contribution in [-0.2, 0) is 0 Å². The van der Waals surface area contributed by atoms with Crippen molar-refractivity contribution in [1.29, 1.82) is 0 Å². The van der Waals surface area contributed by atoms with Gasteiger partial charge in [-0.15, -0.1) is 0 Å². The van der Waals surface area contributed by atoms with Crippen molar-refractivity contribution in [3.8, 4) is 11.1 Å². The highest BCUT2D eigenvalue weighted by Gasteiger charge is 2.21. The standard InChI is InChI=1S/C17H10Cl2N2OS/c18-10-6-5-9(7-11(10)19)15-16-14(8-20-17(15)22)23-13-4-2-1-3-12(13)21-16/h1-8,21H,(H,20,22). The second-order valence-electron chi connectivity index (χ2n) is 5.08. The van der Waals surface area contributed by atoms with E-state index in [0.29, 0.717) is 15.6 Å². The van der Waals surface area contributed by atoms with Crippen LogP contribution in [0.3, 0.4) is 0 Å². The maximum absolute atomic E-state index is 12.4. The molecule has 0 fully saturated rings. The van der Waals surface area contributed by atoms with Crippen LogP contribution in [0.1, 0.15) is 0 Å². The van der Waals surface area contributed by atoms with Crippen LogP contribution < -0.4 is 10.9 Å². The Labute approximate surface area is 146 Å². The third-order valence-electron chi connectivity index (χ3n) is 3.63. The van der Waals surface area contributed by atoms with Gasteiger partial charge in [0.15, 0.2) is 0 Å². The van der Waals surface area contributed by atoms with Gasteiger partial charge in [0.2, 0.25) is 0 Å². The Kier molecular flexibility index (Phi) is 3.60. The minimum Gasteiger partial charge on any atom is -0.353 e. The van der Waals surface area contributed by atoms with Crippen LogP contribution in [0.2, 0.25) is 10.0 Å². The lowest BCUT2D eigenvalue weighted by atomic mass is 10.1. The van der Waals surface area contributed by atoms with Gasteiger partial charge < -0.3 is 10.3 Å². The van der Waals surface area contributed by atoms with Gasteiger partial charge in [-0.3, -0.25) is 4.79 Å². The molecular weight excluding hydrogens is 351 g/mol. The van der Waals surface area contributed by atoms with E-state index in [0.717, 1.165) is 26.7 Å². The molecule has 6 heteroatoms. The third kappa shape index (κ3) is 2.53. The topological polar surface area (TPSA) is 44.9 Å². The number of fused-ring (bicyclic) bond motifs is 2. The van der Waals surface area contributed by atoms with E-state index >= 15 is 0 Å². The molecule has 4 rings (SSSR count). The molecule has 2 N–H and O–H groups in total. The molecule has 3 aromatic rings. The third-order valence-corrected chi connectivity index (χ3v) is 5.49. The summed E-state index contributed by atoms with van der Waals surface area (Å²) in [7, 11) is 0. The maximum atomic E-state index is 12.4. The largest absolute Gasteiger partial charge is 0.353 e. The van der Waals surface area contributed by atoms with Crippen LogP contribution in [0.5, 0.6) is 0 Å². The minimum atomic E-state index is -0.172. The molecule has 1 aromatic heterocycles. The molecular formula is C17H10Cl2N2OS. The van der Waals surface area contributed by atoms with Crippen LogP contribution in [0.4, 0.5) is 11.4 Å². The van der Waals surface area contributed by atoms with Crippen LogP contribution in [0.15, 0.2) is 63.2 Å². The van der Waals surface area contributed by atoms with E-state index in [1.165, 1.54) is 0 Å². The van der Waals surface area contributed by atoms with Crippen molar-refractivity contribution in [1.82, 2.24) is 4.98 Å². The lowest BCUT2D eigenvalue weighted by Gasteiger charge is -2.22. The number of anilines is 2. The summed E-state index contributed by atoms with van der Waals surface area (Å²) in [4.78, 5) is 17.3. The summed E-state index contributed by atoms with van der Waals surface area (Å²) in [5.41, 5.74) is 2.88. The number of para-hydroxylation sites is 1. The normalized spacial score (nSPS) is 12.3. The molecule has 0 unspecified atom stereocenters. The molecule has 0 atom stereocenters. The Morgan fingerprint density at radius 2 is 1.78 bits per heavy atom. The number of benzene rings is 2. The van der Waals surface area contributed by atoms with E-state index in [4.69, 9.17) is 23.2 Å². The first kappa shape index (κ1) is 14.7. The molecule has 2 heterocycles. The van der Waals surface area contributed by atoms with Gasteiger partial charge in [-0.2, -0.15) is 0 Å². The van der Waals surface area contributed by atoms with Gasteiger partial charge >= 0.3 is 0 Å². The summed E-state index contributed by atoms with van der Waals surface area (Å²) in [6.45, 7) is 0. The second kappa shape index (κ2) is 5.64. The zero-order chi connectivity index (χ0) is 16.0. The number of H-pyrrole nitrogens is 1. The molecule has 3 nitrogen and oxygen atoms in total. The van der Waals surface area contributed by atoms with Crippen molar-refractivity contribution >= 4 is 46.3 Å². The first-order chi connectivity index (χ1) is 11.1. The molecule has 0 bridgehead atoms. The molecule has 23 heavy (non-hydrogen) atoms. The van der Waals surface area contributed by atoms with E-state index in [9.17, 15) is 4.79 Å². The van der Waals surface area contributed by atoms with Gasteiger partial charge in [-0.25, -0.2) is 0 Å². The Hall–Kier alpha value is -1.88. The molecule has 0 aliphatic carbocycles. The summed E-state index contributed by atoms with van der Waals surface area (Å²) in [5.74, 6) is 0. The number of nitrogens with one attached hydrogen (secondary N) is 2. The highest BCUT2D eigenvalue weighted by atomic mass is 35.5. The van der Waals surface area contributed by atoms with E-state index in [1.54, 1.807) is 36.2 Å². The molecule has 1 aliphatic heterocycles. The number of rotatable bonds is 1. The fourth-order valence-corrected chi connectivity index (χ4v) is 3.84. The fraction of sp³-hybridized carbons (Fsp3) is 0. The number of pyridine rings is 1. The van der Waals surface area contributed by atoms with E-state index in [1.807, 2.05) is 24.3 Å². The van der Waals surface area contributed by atoms with Crippen LogP contribution in [0.25, 0.3) is 11.1 Å². The Morgan fingerprint density at radius 3 is 2.61 bits per heavy atom. The van der Waals surface area contributed by atoms with Crippen molar-refractivity contribution in [2.24, 2.45) is 0 Å². The lowest BCUT2D eigenvalue weighted by molar-refractivity contribution is 1.16. The van der Waals surface area contributed by atoms with Gasteiger partial charge in [0, 0.05) is 11.1 Å². The molecule has 0 radical (unpaired) electrons. The molecule has 0 spiro atoms. The maximum Gasteiger partial charge on any atom is 0.258 e. The second-order valence-corrected chi connectivity index (χ2v) is 6.98. The summed E-state index contributed by atoms with van der Waals surface area (Å²) in [5, 5.41) is 4.25. The first-order valence-electron chi connectivity index (χ1n) is 6.88. The Morgan fingerprint density at radius 1 is 0.957 bits per heavy atom. The first-order valence-corrected chi connectivity index (χ1v) is 8.46. The predicted octanol–water partition coefficient (Wildman–Crippen LogP) is 5.56. The Balaban J connectivity index is 1.92. The molecule has 0 amide bonds. The number of aromatic nitrogens is 1. The monoisotopic (exact) mass is 360 g/mol. The zero-order valence-corrected chi connectivity index (χ0v) is 14.0. The average molecular weight is 361 g/mol. The Bertz CT molecular complexity index is 985. The predicted molar refractivity (Wildman–Crippen MR) is 96.4 cm³/mol. The van der Waals surface area contributed by atoms with Crippen molar-refractivity contribution in [2.45, 2.75) is 9.79 Å². The molecule has 0 saturated heterocycles. The highest BCUT2D eigenvalue weighted by Crippen LogP contribution is 2.46. The van der Waals surface area contributed by atoms with Crippen LogP contribution >= 0.6 is 35.0 Å². The molecule has 1 aliphatic rings. The summed E-state index contributed by atoms with van der Waals surface area (Å²) in [6, 6.07) is 13.2. The molecule has 114 valence electrons. The van der Waals surface area contributed by atoms with E-state index in [-0.39, 0.29) is 5.56 Å². The number of halogens is 2. The fourth-order valence-electron chi connectivity index (χ4n) is 2.56. The molecule has 0 saturated carbocycles. The zero-order valence-electron chi connectivity index (χ0n) is 11.7. The summed E-state index contributed by atoms with van der Waals surface area (Å²) >= 11 is 13.7. The number of hydrogen-bond acceptors (Lipinski definition) is 3. The van der Waals surface area contributed by atoms with Crippen molar-refractivity contribution < 1.29 is 0 Å². The van der Waals surface area contributed by atoms with Crippen LogP contribution in [-0.4, -0.2) is 4.98 Å². The van der Waals surface area contributed by atoms with Crippen molar-refractivity contribution in [2.75, 3.05) is 5.32 Å². The summed E-state index contributed by atoms with van der Waals surface area (Å²) in [6.07, 6.45) is 1.73. The van der Waals surface area contributed by atoms with Crippen molar-refractivity contribution in [3.05, 3.63) is 69.1 Å². The minimum absolute atomic E-state index is 0.172. The van der Waals surface area contributed by atoms with Gasteiger partial charge in [0.05, 0.1) is 31.9 Å². The van der Waals surface area contributed by atoms with Gasteiger partial charge in [0.25, 0.3) is 5.56 Å².